The fourth-order valence-electron chi connectivity index (χ4n) is 1.25. The summed E-state index contributed by atoms with van der Waals surface area (Å²) < 4.78 is 7.10. The van der Waals surface area contributed by atoms with E-state index in [2.05, 4.69) is 31.8 Å². The van der Waals surface area contributed by atoms with Gasteiger partial charge in [-0.15, -0.1) is 6.58 Å². The summed E-state index contributed by atoms with van der Waals surface area (Å²) in [6.45, 7) is 4.11. The van der Waals surface area contributed by atoms with Crippen molar-refractivity contribution in [1.82, 2.24) is 24.5 Å². The Balaban J connectivity index is 2.24. The molecule has 94 valence electrons. The first kappa shape index (κ1) is 12.0. The number of aromatic nitrogens is 5. The summed E-state index contributed by atoms with van der Waals surface area (Å²) in [7, 11) is 1.74. The van der Waals surface area contributed by atoms with Gasteiger partial charge in [0.25, 0.3) is 0 Å². The Morgan fingerprint density at radius 2 is 2.33 bits per heavy atom. The van der Waals surface area contributed by atoms with E-state index in [0.29, 0.717) is 18.5 Å². The van der Waals surface area contributed by atoms with Crippen molar-refractivity contribution in [2.24, 2.45) is 0 Å². The van der Waals surface area contributed by atoms with E-state index >= 15 is 0 Å². The third-order valence-electron chi connectivity index (χ3n) is 2.12. The van der Waals surface area contributed by atoms with Crippen LogP contribution in [0, 0.1) is 0 Å². The molecule has 0 amide bonds. The highest BCUT2D eigenvalue weighted by molar-refractivity contribution is 5.29. The molecule has 7 heteroatoms. The maximum atomic E-state index is 5.42. The molecule has 0 aromatic carbocycles. The largest absolute Gasteiger partial charge is 0.463 e. The number of ether oxygens (including phenoxy) is 1. The topological polar surface area (TPSA) is 77.8 Å². The molecular formula is C11H14N6O. The number of anilines is 1. The Hall–Kier alpha value is -2.44. The van der Waals surface area contributed by atoms with E-state index in [1.54, 1.807) is 36.4 Å². The highest BCUT2D eigenvalue weighted by Crippen LogP contribution is 2.10. The quantitative estimate of drug-likeness (QED) is 0.606. The van der Waals surface area contributed by atoms with Crippen molar-refractivity contribution in [3.8, 4) is 12.0 Å². The molecule has 2 aromatic heterocycles. The molecule has 2 heterocycles. The molecular weight excluding hydrogens is 232 g/mol. The summed E-state index contributed by atoms with van der Waals surface area (Å²) in [5.41, 5.74) is 0. The Kier molecular flexibility index (Phi) is 3.85. The van der Waals surface area contributed by atoms with E-state index in [0.717, 1.165) is 6.42 Å². The van der Waals surface area contributed by atoms with Gasteiger partial charge < -0.3 is 10.1 Å². The van der Waals surface area contributed by atoms with Gasteiger partial charge in [0.15, 0.2) is 0 Å². The zero-order valence-electron chi connectivity index (χ0n) is 10.1. The number of imidazole rings is 1. The van der Waals surface area contributed by atoms with Gasteiger partial charge >= 0.3 is 6.01 Å². The summed E-state index contributed by atoms with van der Waals surface area (Å²) in [5, 5.41) is 2.86. The Morgan fingerprint density at radius 3 is 3.00 bits per heavy atom. The van der Waals surface area contributed by atoms with Gasteiger partial charge in [0.1, 0.15) is 6.33 Å². The molecule has 2 aromatic rings. The Labute approximate surface area is 105 Å². The minimum atomic E-state index is 0.278. The molecule has 0 radical (unpaired) electrons. The van der Waals surface area contributed by atoms with Gasteiger partial charge in [0.2, 0.25) is 11.9 Å². The molecule has 0 fully saturated rings. The third kappa shape index (κ3) is 2.82. The molecule has 0 saturated carbocycles. The first-order valence-corrected chi connectivity index (χ1v) is 5.49. The van der Waals surface area contributed by atoms with Crippen LogP contribution in [0.4, 0.5) is 5.95 Å². The zero-order chi connectivity index (χ0) is 12.8. The highest BCUT2D eigenvalue weighted by Gasteiger charge is 2.07. The van der Waals surface area contributed by atoms with Crippen LogP contribution >= 0.6 is 0 Å². The second-order valence-corrected chi connectivity index (χ2v) is 3.39. The van der Waals surface area contributed by atoms with Crippen LogP contribution in [0.3, 0.4) is 0 Å². The van der Waals surface area contributed by atoms with Gasteiger partial charge in [-0.05, 0) is 6.42 Å². The van der Waals surface area contributed by atoms with Gasteiger partial charge in [-0.2, -0.15) is 15.0 Å². The van der Waals surface area contributed by atoms with Crippen molar-refractivity contribution in [3.63, 3.8) is 0 Å². The summed E-state index contributed by atoms with van der Waals surface area (Å²) in [6, 6.07) is 0.278. The van der Waals surface area contributed by atoms with E-state index in [4.69, 9.17) is 4.74 Å². The number of nitrogens with zero attached hydrogens (tertiary/aromatic N) is 5. The van der Waals surface area contributed by atoms with Crippen LogP contribution in [0.2, 0.25) is 0 Å². The smallest absolute Gasteiger partial charge is 0.323 e. The lowest BCUT2D eigenvalue weighted by Crippen LogP contribution is -2.08. The third-order valence-corrected chi connectivity index (χ3v) is 2.12. The molecule has 7 nitrogen and oxygen atoms in total. The number of rotatable bonds is 6. The number of hydrogen-bond donors (Lipinski definition) is 1. The standard InChI is InChI=1S/C11H14N6O/c1-3-4-7-18-11-15-9(12-2)14-10(16-11)17-6-5-13-8-17/h3,5-6,8H,1,4,7H2,2H3,(H,12,14,15,16). The van der Waals surface area contributed by atoms with Crippen molar-refractivity contribution in [2.45, 2.75) is 6.42 Å². The van der Waals surface area contributed by atoms with E-state index in [1.165, 1.54) is 0 Å². The highest BCUT2D eigenvalue weighted by atomic mass is 16.5. The van der Waals surface area contributed by atoms with Crippen LogP contribution in [0.15, 0.2) is 31.4 Å². The normalized spacial score (nSPS) is 10.1. The second kappa shape index (κ2) is 5.76. The zero-order valence-corrected chi connectivity index (χ0v) is 10.1. The van der Waals surface area contributed by atoms with Gasteiger partial charge in [-0.1, -0.05) is 6.08 Å². The van der Waals surface area contributed by atoms with Gasteiger partial charge in [0, 0.05) is 19.4 Å². The average Bonchev–Trinajstić information content (AvgIpc) is 2.92. The molecule has 0 aliphatic rings. The lowest BCUT2D eigenvalue weighted by Gasteiger charge is -2.07. The molecule has 0 saturated heterocycles. The predicted octanol–water partition coefficient (Wildman–Crippen LogP) is 1.05. The molecule has 0 atom stereocenters. The van der Waals surface area contributed by atoms with Crippen LogP contribution in [-0.4, -0.2) is 38.2 Å². The van der Waals surface area contributed by atoms with Crippen molar-refractivity contribution >= 4 is 5.95 Å². The summed E-state index contributed by atoms with van der Waals surface area (Å²) in [6.07, 6.45) is 7.53. The maximum absolute atomic E-state index is 5.42. The molecule has 0 aliphatic heterocycles. The first-order valence-electron chi connectivity index (χ1n) is 5.49. The first-order chi connectivity index (χ1) is 8.83. The van der Waals surface area contributed by atoms with Crippen molar-refractivity contribution in [2.75, 3.05) is 19.0 Å². The molecule has 0 spiro atoms. The average molecular weight is 246 g/mol. The summed E-state index contributed by atoms with van der Waals surface area (Å²) in [5.74, 6) is 0.905. The van der Waals surface area contributed by atoms with Crippen LogP contribution in [-0.2, 0) is 0 Å². The van der Waals surface area contributed by atoms with Crippen LogP contribution in [0.1, 0.15) is 6.42 Å². The summed E-state index contributed by atoms with van der Waals surface area (Å²) >= 11 is 0. The van der Waals surface area contributed by atoms with Gasteiger partial charge in [0.05, 0.1) is 6.61 Å². The predicted molar refractivity (Wildman–Crippen MR) is 66.8 cm³/mol. The van der Waals surface area contributed by atoms with E-state index in [9.17, 15) is 0 Å². The molecule has 0 aliphatic carbocycles. The van der Waals surface area contributed by atoms with Crippen LogP contribution in [0.25, 0.3) is 5.95 Å². The SMILES string of the molecule is C=CCCOc1nc(NC)nc(-n2ccnc2)n1. The second-order valence-electron chi connectivity index (χ2n) is 3.39. The van der Waals surface area contributed by atoms with Crippen molar-refractivity contribution in [1.29, 1.82) is 0 Å². The molecule has 0 unspecified atom stereocenters. The van der Waals surface area contributed by atoms with Crippen LogP contribution in [0.5, 0.6) is 6.01 Å². The minimum Gasteiger partial charge on any atom is -0.463 e. The number of nitrogens with one attached hydrogen (secondary N) is 1. The van der Waals surface area contributed by atoms with Gasteiger partial charge in [-0.25, -0.2) is 4.98 Å². The summed E-state index contributed by atoms with van der Waals surface area (Å²) in [4.78, 5) is 16.5. The molecule has 18 heavy (non-hydrogen) atoms. The molecule has 1 N–H and O–H groups in total. The minimum absolute atomic E-state index is 0.278. The fraction of sp³-hybridized carbons (Fsp3) is 0.273. The maximum Gasteiger partial charge on any atom is 0.323 e. The monoisotopic (exact) mass is 246 g/mol. The van der Waals surface area contributed by atoms with E-state index < -0.39 is 0 Å². The Morgan fingerprint density at radius 1 is 1.44 bits per heavy atom. The number of hydrogen-bond acceptors (Lipinski definition) is 6. The fourth-order valence-corrected chi connectivity index (χ4v) is 1.25. The van der Waals surface area contributed by atoms with E-state index in [-0.39, 0.29) is 6.01 Å². The van der Waals surface area contributed by atoms with E-state index in [1.807, 2.05) is 0 Å². The lowest BCUT2D eigenvalue weighted by atomic mass is 10.5. The molecule has 0 bridgehead atoms. The van der Waals surface area contributed by atoms with Gasteiger partial charge in [-0.3, -0.25) is 4.57 Å². The Bertz CT molecular complexity index is 510. The molecule has 2 rings (SSSR count). The van der Waals surface area contributed by atoms with Crippen molar-refractivity contribution < 1.29 is 4.74 Å². The lowest BCUT2D eigenvalue weighted by molar-refractivity contribution is 0.298. The van der Waals surface area contributed by atoms with Crippen molar-refractivity contribution in [3.05, 3.63) is 31.4 Å². The van der Waals surface area contributed by atoms with Crippen LogP contribution < -0.4 is 10.1 Å².